The van der Waals surface area contributed by atoms with Gasteiger partial charge in [-0.25, -0.2) is 9.78 Å². The summed E-state index contributed by atoms with van der Waals surface area (Å²) in [7, 11) is 0. The van der Waals surface area contributed by atoms with E-state index >= 15 is 0 Å². The van der Waals surface area contributed by atoms with Crippen molar-refractivity contribution in [3.8, 4) is 0 Å². The largest absolute Gasteiger partial charge is 0.480 e. The summed E-state index contributed by atoms with van der Waals surface area (Å²) in [5.74, 6) is -2.95. The van der Waals surface area contributed by atoms with E-state index < -0.39 is 41.8 Å². The molecule has 0 spiro atoms. The number of hydrogen-bond acceptors (Lipinski definition) is 6. The number of nitrogens with two attached hydrogens (primary N) is 1. The summed E-state index contributed by atoms with van der Waals surface area (Å²) in [6.07, 6.45) is 3.60. The molecule has 1 aromatic heterocycles. The molecular formula is C17H28N6O5. The zero-order valence-corrected chi connectivity index (χ0v) is 16.2. The van der Waals surface area contributed by atoms with Crippen molar-refractivity contribution >= 4 is 23.7 Å². The Kier molecular flexibility index (Phi) is 9.09. The number of H-pyrrole nitrogens is 1. The predicted molar refractivity (Wildman–Crippen MR) is 99.9 cm³/mol. The molecule has 0 saturated carbocycles. The Morgan fingerprint density at radius 3 is 2.43 bits per heavy atom. The van der Waals surface area contributed by atoms with Gasteiger partial charge in [-0.2, -0.15) is 0 Å². The Bertz CT molecular complexity index is 678. The van der Waals surface area contributed by atoms with Gasteiger partial charge in [-0.15, -0.1) is 0 Å². The molecule has 11 heteroatoms. The van der Waals surface area contributed by atoms with Gasteiger partial charge in [0.15, 0.2) is 0 Å². The van der Waals surface area contributed by atoms with Gasteiger partial charge < -0.3 is 31.8 Å². The Hall–Kier alpha value is -2.95. The van der Waals surface area contributed by atoms with E-state index in [1.54, 1.807) is 0 Å². The van der Waals surface area contributed by atoms with Crippen LogP contribution in [-0.2, 0) is 25.6 Å². The van der Waals surface area contributed by atoms with Crippen molar-refractivity contribution in [1.29, 1.82) is 0 Å². The Morgan fingerprint density at radius 1 is 1.21 bits per heavy atom. The molecule has 7 N–H and O–H groups in total. The molecule has 4 atom stereocenters. The minimum atomic E-state index is -1.22. The van der Waals surface area contributed by atoms with Crippen LogP contribution in [0.5, 0.6) is 0 Å². The van der Waals surface area contributed by atoms with Crippen LogP contribution in [-0.4, -0.2) is 63.4 Å². The number of carbonyl (C=O) groups excluding carboxylic acids is 3. The van der Waals surface area contributed by atoms with E-state index in [1.165, 1.54) is 19.4 Å². The predicted octanol–water partition coefficient (Wildman–Crippen LogP) is -1.48. The number of hydrogen-bond donors (Lipinski definition) is 6. The zero-order valence-electron chi connectivity index (χ0n) is 16.2. The Labute approximate surface area is 162 Å². The van der Waals surface area contributed by atoms with Crippen molar-refractivity contribution < 1.29 is 24.3 Å². The summed E-state index contributed by atoms with van der Waals surface area (Å²) in [4.78, 5) is 53.8. The molecule has 0 aliphatic rings. The second-order valence-corrected chi connectivity index (χ2v) is 6.60. The molecule has 1 rings (SSSR count). The van der Waals surface area contributed by atoms with Crippen molar-refractivity contribution in [2.24, 2.45) is 11.7 Å². The lowest BCUT2D eigenvalue weighted by atomic mass is 9.99. The summed E-state index contributed by atoms with van der Waals surface area (Å²) >= 11 is 0. The van der Waals surface area contributed by atoms with Crippen molar-refractivity contribution in [1.82, 2.24) is 25.9 Å². The van der Waals surface area contributed by atoms with Gasteiger partial charge in [0.2, 0.25) is 17.7 Å². The van der Waals surface area contributed by atoms with Crippen LogP contribution in [0.3, 0.4) is 0 Å². The van der Waals surface area contributed by atoms with Crippen molar-refractivity contribution in [2.75, 3.05) is 6.54 Å². The van der Waals surface area contributed by atoms with Crippen LogP contribution in [0, 0.1) is 5.92 Å². The van der Waals surface area contributed by atoms with Gasteiger partial charge in [-0.1, -0.05) is 20.3 Å². The highest BCUT2D eigenvalue weighted by molar-refractivity contribution is 5.92. The second kappa shape index (κ2) is 11.0. The number of amides is 3. The molecule has 3 amide bonds. The van der Waals surface area contributed by atoms with E-state index in [1.807, 2.05) is 13.8 Å². The number of carboxylic acids is 1. The molecule has 0 aliphatic heterocycles. The topological polar surface area (TPSA) is 179 Å². The molecule has 0 radical (unpaired) electrons. The normalized spacial score (nSPS) is 15.0. The quantitative estimate of drug-likeness (QED) is 0.264. The molecule has 156 valence electrons. The number of aliphatic carboxylic acids is 1. The summed E-state index contributed by atoms with van der Waals surface area (Å²) in [5.41, 5.74) is 6.32. The number of rotatable bonds is 11. The Balaban J connectivity index is 2.48. The first-order valence-corrected chi connectivity index (χ1v) is 8.98. The first-order valence-electron chi connectivity index (χ1n) is 8.98. The van der Waals surface area contributed by atoms with Gasteiger partial charge in [0.1, 0.15) is 12.1 Å². The molecule has 1 heterocycles. The van der Waals surface area contributed by atoms with Gasteiger partial charge in [-0.05, 0) is 12.8 Å². The lowest BCUT2D eigenvalue weighted by molar-refractivity contribution is -0.142. The summed E-state index contributed by atoms with van der Waals surface area (Å²) in [5, 5.41) is 16.4. The highest BCUT2D eigenvalue weighted by Gasteiger charge is 2.25. The minimum Gasteiger partial charge on any atom is -0.480 e. The fraction of sp³-hybridized carbons (Fsp3) is 0.588. The minimum absolute atomic E-state index is 0.0191. The zero-order chi connectivity index (χ0) is 21.3. The van der Waals surface area contributed by atoms with Gasteiger partial charge in [-0.3, -0.25) is 14.4 Å². The standard InChI is InChI=1S/C17H28N6O5/c1-4-9(2)14(18)16(26)20-7-13(24)22-10(3)15(25)23-12(17(27)28)5-11-6-19-8-21-11/h6,8-10,12,14H,4-5,7,18H2,1-3H3,(H,19,21)(H,20,26)(H,22,24)(H,23,25)(H,27,28). The summed E-state index contributed by atoms with van der Waals surface area (Å²) in [6.45, 7) is 4.81. The lowest BCUT2D eigenvalue weighted by Crippen LogP contribution is -2.53. The maximum Gasteiger partial charge on any atom is 0.326 e. The third-order valence-electron chi connectivity index (χ3n) is 4.35. The molecular weight excluding hydrogens is 368 g/mol. The summed E-state index contributed by atoms with van der Waals surface area (Å²) < 4.78 is 0. The number of nitrogens with one attached hydrogen (secondary N) is 4. The van der Waals surface area contributed by atoms with E-state index in [0.29, 0.717) is 5.69 Å². The van der Waals surface area contributed by atoms with E-state index in [4.69, 9.17) is 5.73 Å². The smallest absolute Gasteiger partial charge is 0.326 e. The van der Waals surface area contributed by atoms with Crippen LogP contribution < -0.4 is 21.7 Å². The van der Waals surface area contributed by atoms with Crippen LogP contribution in [0.25, 0.3) is 0 Å². The maximum atomic E-state index is 12.2. The van der Waals surface area contributed by atoms with Crippen LogP contribution in [0.15, 0.2) is 12.5 Å². The molecule has 0 aromatic carbocycles. The first kappa shape index (κ1) is 23.1. The number of aromatic nitrogens is 2. The van der Waals surface area contributed by atoms with E-state index in [9.17, 15) is 24.3 Å². The van der Waals surface area contributed by atoms with Crippen LogP contribution in [0.2, 0.25) is 0 Å². The number of carboxylic acid groups (broad SMARTS) is 1. The van der Waals surface area contributed by atoms with Crippen molar-refractivity contribution in [2.45, 2.75) is 51.7 Å². The highest BCUT2D eigenvalue weighted by atomic mass is 16.4. The number of imidazole rings is 1. The molecule has 28 heavy (non-hydrogen) atoms. The molecule has 0 aliphatic carbocycles. The number of aromatic amines is 1. The number of nitrogens with zero attached hydrogens (tertiary/aromatic N) is 1. The van der Waals surface area contributed by atoms with Crippen LogP contribution in [0.4, 0.5) is 0 Å². The third kappa shape index (κ3) is 7.35. The van der Waals surface area contributed by atoms with Gasteiger partial charge in [0, 0.05) is 18.3 Å². The van der Waals surface area contributed by atoms with Gasteiger partial charge >= 0.3 is 5.97 Å². The average molecular weight is 396 g/mol. The summed E-state index contributed by atoms with van der Waals surface area (Å²) in [6, 6.07) is -2.89. The highest BCUT2D eigenvalue weighted by Crippen LogP contribution is 2.04. The Morgan fingerprint density at radius 2 is 1.89 bits per heavy atom. The van der Waals surface area contributed by atoms with E-state index in [0.717, 1.165) is 6.42 Å². The molecule has 0 bridgehead atoms. The fourth-order valence-electron chi connectivity index (χ4n) is 2.27. The first-order chi connectivity index (χ1) is 13.1. The monoisotopic (exact) mass is 396 g/mol. The van der Waals surface area contributed by atoms with Crippen LogP contribution >= 0.6 is 0 Å². The SMILES string of the molecule is CCC(C)C(N)C(=O)NCC(=O)NC(C)C(=O)NC(Cc1cnc[nH]1)C(=O)O. The van der Waals surface area contributed by atoms with Crippen molar-refractivity contribution in [3.63, 3.8) is 0 Å². The van der Waals surface area contributed by atoms with Gasteiger partial charge in [0.25, 0.3) is 0 Å². The van der Waals surface area contributed by atoms with E-state index in [-0.39, 0.29) is 18.9 Å². The number of carbonyl (C=O) groups is 4. The molecule has 0 saturated heterocycles. The second-order valence-electron chi connectivity index (χ2n) is 6.60. The molecule has 4 unspecified atom stereocenters. The van der Waals surface area contributed by atoms with E-state index in [2.05, 4.69) is 25.9 Å². The van der Waals surface area contributed by atoms with Crippen molar-refractivity contribution in [3.05, 3.63) is 18.2 Å². The average Bonchev–Trinajstić information content (AvgIpc) is 3.17. The fourth-order valence-corrected chi connectivity index (χ4v) is 2.27. The maximum absolute atomic E-state index is 12.2. The third-order valence-corrected chi connectivity index (χ3v) is 4.35. The molecule has 11 nitrogen and oxygen atoms in total. The van der Waals surface area contributed by atoms with Crippen LogP contribution in [0.1, 0.15) is 32.9 Å². The molecule has 0 fully saturated rings. The lowest BCUT2D eigenvalue weighted by Gasteiger charge is -2.19. The molecule has 1 aromatic rings. The van der Waals surface area contributed by atoms with Gasteiger partial charge in [0.05, 0.1) is 18.9 Å².